The largest absolute Gasteiger partial charge is 0.505 e. The Bertz CT molecular complexity index is 602. The van der Waals surface area contributed by atoms with Gasteiger partial charge >= 0.3 is 0 Å². The summed E-state index contributed by atoms with van der Waals surface area (Å²) in [6.45, 7) is 0. The fourth-order valence-electron chi connectivity index (χ4n) is 1.80. The molecule has 0 heterocycles. The molecule has 0 spiro atoms. The van der Waals surface area contributed by atoms with Crippen molar-refractivity contribution in [2.75, 3.05) is 5.32 Å². The lowest BCUT2D eigenvalue weighted by Crippen LogP contribution is -2.37. The van der Waals surface area contributed by atoms with Gasteiger partial charge in [-0.3, -0.25) is 4.79 Å². The molecule has 4 nitrogen and oxygen atoms in total. The molecular formula is C15H15BrN2O2. The number of nitrogens with two attached hydrogens (primary N) is 1. The van der Waals surface area contributed by atoms with E-state index in [0.717, 1.165) is 5.56 Å². The van der Waals surface area contributed by atoms with Crippen LogP contribution in [0.2, 0.25) is 0 Å². The van der Waals surface area contributed by atoms with E-state index in [2.05, 4.69) is 21.2 Å². The zero-order chi connectivity index (χ0) is 14.5. The van der Waals surface area contributed by atoms with Crippen LogP contribution in [0.25, 0.3) is 0 Å². The molecule has 2 aromatic carbocycles. The highest BCUT2D eigenvalue weighted by molar-refractivity contribution is 9.10. The number of hydrogen-bond donors (Lipinski definition) is 3. The number of rotatable bonds is 4. The molecule has 0 aliphatic heterocycles. The molecule has 2 rings (SSSR count). The van der Waals surface area contributed by atoms with Gasteiger partial charge in [0.2, 0.25) is 5.91 Å². The summed E-state index contributed by atoms with van der Waals surface area (Å²) >= 11 is 3.19. The molecule has 0 fully saturated rings. The van der Waals surface area contributed by atoms with Gasteiger partial charge in [-0.1, -0.05) is 36.4 Å². The molecule has 0 saturated carbocycles. The Morgan fingerprint density at radius 2 is 1.90 bits per heavy atom. The highest BCUT2D eigenvalue weighted by Gasteiger charge is 2.16. The van der Waals surface area contributed by atoms with Gasteiger partial charge < -0.3 is 16.2 Å². The van der Waals surface area contributed by atoms with Crippen LogP contribution in [-0.4, -0.2) is 17.1 Å². The minimum absolute atomic E-state index is 0.00670. The molecule has 0 aliphatic carbocycles. The van der Waals surface area contributed by atoms with Crippen molar-refractivity contribution in [1.82, 2.24) is 0 Å². The Kier molecular flexibility index (Phi) is 4.76. The Morgan fingerprint density at radius 1 is 1.20 bits per heavy atom. The maximum absolute atomic E-state index is 12.0. The van der Waals surface area contributed by atoms with Crippen molar-refractivity contribution >= 4 is 27.5 Å². The maximum atomic E-state index is 12.0. The third-order valence-corrected chi connectivity index (χ3v) is 3.52. The number of halogens is 1. The molecule has 2 aromatic rings. The van der Waals surface area contributed by atoms with Crippen LogP contribution >= 0.6 is 15.9 Å². The molecule has 0 bridgehead atoms. The van der Waals surface area contributed by atoms with E-state index < -0.39 is 6.04 Å². The number of hydrogen-bond acceptors (Lipinski definition) is 3. The fraction of sp³-hybridized carbons (Fsp3) is 0.133. The topological polar surface area (TPSA) is 75.4 Å². The Morgan fingerprint density at radius 3 is 2.60 bits per heavy atom. The average Bonchev–Trinajstić information content (AvgIpc) is 2.45. The van der Waals surface area contributed by atoms with Crippen molar-refractivity contribution in [3.8, 4) is 5.75 Å². The van der Waals surface area contributed by atoms with Gasteiger partial charge in [0.15, 0.2) is 5.75 Å². The fourth-order valence-corrected chi connectivity index (χ4v) is 2.17. The van der Waals surface area contributed by atoms with Crippen LogP contribution in [0.4, 0.5) is 5.69 Å². The lowest BCUT2D eigenvalue weighted by Gasteiger charge is -2.13. The molecule has 1 atom stereocenters. The van der Waals surface area contributed by atoms with Crippen LogP contribution in [0.5, 0.6) is 5.75 Å². The highest BCUT2D eigenvalue weighted by Crippen LogP contribution is 2.31. The summed E-state index contributed by atoms with van der Waals surface area (Å²) in [7, 11) is 0. The van der Waals surface area contributed by atoms with Crippen molar-refractivity contribution in [2.45, 2.75) is 12.5 Å². The van der Waals surface area contributed by atoms with Crippen molar-refractivity contribution in [3.05, 3.63) is 58.6 Å². The lowest BCUT2D eigenvalue weighted by atomic mass is 10.1. The number of para-hydroxylation sites is 1. The van der Waals surface area contributed by atoms with E-state index in [9.17, 15) is 9.90 Å². The molecule has 0 aromatic heterocycles. The van der Waals surface area contributed by atoms with Gasteiger partial charge in [0.1, 0.15) is 0 Å². The Labute approximate surface area is 125 Å². The number of anilines is 1. The second-order valence-corrected chi connectivity index (χ2v) is 5.28. The summed E-state index contributed by atoms with van der Waals surface area (Å²) in [5.74, 6) is -0.338. The van der Waals surface area contributed by atoms with Crippen LogP contribution in [0.3, 0.4) is 0 Å². The summed E-state index contributed by atoms with van der Waals surface area (Å²) in [6, 6.07) is 13.9. The molecule has 1 unspecified atom stereocenters. The molecule has 4 N–H and O–H groups in total. The zero-order valence-corrected chi connectivity index (χ0v) is 12.3. The smallest absolute Gasteiger partial charge is 0.241 e. The number of carbonyl (C=O) groups is 1. The second-order valence-electron chi connectivity index (χ2n) is 4.42. The number of phenolic OH excluding ortho intramolecular Hbond substituents is 1. The van der Waals surface area contributed by atoms with E-state index in [0.29, 0.717) is 16.6 Å². The number of nitrogens with one attached hydrogen (secondary N) is 1. The van der Waals surface area contributed by atoms with Crippen LogP contribution in [-0.2, 0) is 11.2 Å². The summed E-state index contributed by atoms with van der Waals surface area (Å²) in [4.78, 5) is 12.0. The van der Waals surface area contributed by atoms with Gasteiger partial charge in [0, 0.05) is 0 Å². The molecule has 20 heavy (non-hydrogen) atoms. The molecule has 0 saturated heterocycles. The Balaban J connectivity index is 2.03. The first-order chi connectivity index (χ1) is 9.58. The van der Waals surface area contributed by atoms with Crippen LogP contribution in [0, 0.1) is 0 Å². The minimum atomic E-state index is -0.671. The third kappa shape index (κ3) is 3.59. The second kappa shape index (κ2) is 6.54. The van der Waals surface area contributed by atoms with E-state index in [4.69, 9.17) is 5.73 Å². The molecule has 0 aliphatic rings. The van der Waals surface area contributed by atoms with Crippen molar-refractivity contribution in [1.29, 1.82) is 0 Å². The van der Waals surface area contributed by atoms with Gasteiger partial charge in [0.05, 0.1) is 16.2 Å². The van der Waals surface area contributed by atoms with E-state index >= 15 is 0 Å². The normalized spacial score (nSPS) is 11.9. The number of aromatic hydroxyl groups is 1. The summed E-state index contributed by atoms with van der Waals surface area (Å²) < 4.78 is 0.520. The number of carbonyl (C=O) groups excluding carboxylic acids is 1. The summed E-state index contributed by atoms with van der Waals surface area (Å²) in [6.07, 6.45) is 0.446. The van der Waals surface area contributed by atoms with Gasteiger partial charge in [-0.2, -0.15) is 0 Å². The maximum Gasteiger partial charge on any atom is 0.241 e. The van der Waals surface area contributed by atoms with Crippen molar-refractivity contribution < 1.29 is 9.90 Å². The number of amides is 1. The molecular weight excluding hydrogens is 320 g/mol. The number of benzene rings is 2. The summed E-state index contributed by atoms with van der Waals surface area (Å²) in [5, 5.41) is 12.4. The zero-order valence-electron chi connectivity index (χ0n) is 10.7. The monoisotopic (exact) mass is 334 g/mol. The standard InChI is InChI=1S/C15H15BrN2O2/c16-11-7-4-8-13(14(11)19)18-15(20)12(17)9-10-5-2-1-3-6-10/h1-8,12,19H,9,17H2,(H,18,20). The predicted molar refractivity (Wildman–Crippen MR) is 82.6 cm³/mol. The van der Waals surface area contributed by atoms with E-state index in [1.54, 1.807) is 18.2 Å². The summed E-state index contributed by atoms with van der Waals surface area (Å²) in [5.41, 5.74) is 7.21. The number of phenols is 1. The first-order valence-electron chi connectivity index (χ1n) is 6.16. The SMILES string of the molecule is NC(Cc1ccccc1)C(=O)Nc1cccc(Br)c1O. The van der Waals surface area contributed by atoms with Crippen molar-refractivity contribution in [3.63, 3.8) is 0 Å². The molecule has 5 heteroatoms. The first kappa shape index (κ1) is 14.6. The van der Waals surface area contributed by atoms with Crippen LogP contribution < -0.4 is 11.1 Å². The predicted octanol–water partition coefficient (Wildman–Crippen LogP) is 2.66. The van der Waals surface area contributed by atoms with Gasteiger partial charge in [-0.25, -0.2) is 0 Å². The minimum Gasteiger partial charge on any atom is -0.505 e. The van der Waals surface area contributed by atoms with E-state index in [-0.39, 0.29) is 11.7 Å². The lowest BCUT2D eigenvalue weighted by molar-refractivity contribution is -0.117. The Hall–Kier alpha value is -1.85. The van der Waals surface area contributed by atoms with E-state index in [1.165, 1.54) is 0 Å². The average molecular weight is 335 g/mol. The van der Waals surface area contributed by atoms with Crippen LogP contribution in [0.1, 0.15) is 5.56 Å². The van der Waals surface area contributed by atoms with E-state index in [1.807, 2.05) is 30.3 Å². The third-order valence-electron chi connectivity index (χ3n) is 2.88. The molecule has 1 amide bonds. The van der Waals surface area contributed by atoms with Gasteiger partial charge in [-0.15, -0.1) is 0 Å². The first-order valence-corrected chi connectivity index (χ1v) is 6.95. The quantitative estimate of drug-likeness (QED) is 0.752. The van der Waals surface area contributed by atoms with Gasteiger partial charge in [0.25, 0.3) is 0 Å². The highest BCUT2D eigenvalue weighted by atomic mass is 79.9. The molecule has 104 valence electrons. The van der Waals surface area contributed by atoms with Crippen molar-refractivity contribution in [2.24, 2.45) is 5.73 Å². The molecule has 0 radical (unpaired) electrons. The van der Waals surface area contributed by atoms with Crippen LogP contribution in [0.15, 0.2) is 53.0 Å². The van der Waals surface area contributed by atoms with Gasteiger partial charge in [-0.05, 0) is 40.0 Å².